The molecule has 28 heavy (non-hydrogen) atoms. The second-order valence-electron chi connectivity index (χ2n) is 7.15. The summed E-state index contributed by atoms with van der Waals surface area (Å²) in [6.07, 6.45) is 7.28. The minimum atomic E-state index is -3.58. The fourth-order valence-electron chi connectivity index (χ4n) is 3.34. The maximum Gasteiger partial charge on any atom is 0.241 e. The molecule has 0 unspecified atom stereocenters. The van der Waals surface area contributed by atoms with Crippen molar-refractivity contribution in [1.29, 1.82) is 0 Å². The maximum atomic E-state index is 12.8. The van der Waals surface area contributed by atoms with E-state index in [0.29, 0.717) is 28.3 Å². The molecular formula is C20H25N3O4S. The highest BCUT2D eigenvalue weighted by molar-refractivity contribution is 7.89. The van der Waals surface area contributed by atoms with E-state index in [1.54, 1.807) is 38.1 Å². The smallest absolute Gasteiger partial charge is 0.241 e. The molecule has 8 heteroatoms. The lowest BCUT2D eigenvalue weighted by Gasteiger charge is -2.14. The van der Waals surface area contributed by atoms with Crippen molar-refractivity contribution in [2.75, 3.05) is 5.32 Å². The molecule has 1 amide bonds. The molecule has 0 atom stereocenters. The zero-order valence-electron chi connectivity index (χ0n) is 16.3. The molecule has 1 aliphatic carbocycles. The van der Waals surface area contributed by atoms with Crippen LogP contribution in [0.25, 0.3) is 12.2 Å². The van der Waals surface area contributed by atoms with Gasteiger partial charge in [0.1, 0.15) is 11.4 Å². The van der Waals surface area contributed by atoms with Crippen molar-refractivity contribution in [3.8, 4) is 0 Å². The topological polar surface area (TPSA) is 101 Å². The number of hydrogen-bond acceptors (Lipinski definition) is 5. The normalized spacial score (nSPS) is 15.4. The lowest BCUT2D eigenvalue weighted by molar-refractivity contribution is -0.114. The van der Waals surface area contributed by atoms with E-state index in [-0.39, 0.29) is 16.8 Å². The summed E-state index contributed by atoms with van der Waals surface area (Å²) in [6, 6.07) is 5.27. The third kappa shape index (κ3) is 4.69. The van der Waals surface area contributed by atoms with E-state index in [2.05, 4.69) is 15.2 Å². The van der Waals surface area contributed by atoms with Crippen LogP contribution in [0.2, 0.25) is 0 Å². The maximum absolute atomic E-state index is 12.8. The van der Waals surface area contributed by atoms with Gasteiger partial charge in [0.25, 0.3) is 0 Å². The molecule has 0 radical (unpaired) electrons. The molecule has 2 aromatic rings. The van der Waals surface area contributed by atoms with Crippen LogP contribution in [0.15, 0.2) is 27.6 Å². The summed E-state index contributed by atoms with van der Waals surface area (Å²) < 4.78 is 33.7. The van der Waals surface area contributed by atoms with Gasteiger partial charge in [-0.25, -0.2) is 13.1 Å². The number of amides is 1. The molecule has 1 aliphatic rings. The third-order valence-electron chi connectivity index (χ3n) is 4.80. The Morgan fingerprint density at radius 3 is 2.61 bits per heavy atom. The van der Waals surface area contributed by atoms with Crippen molar-refractivity contribution in [3.05, 3.63) is 40.8 Å². The average molecular weight is 404 g/mol. The predicted octanol–water partition coefficient (Wildman–Crippen LogP) is 3.64. The fraction of sp³-hybridized carbons (Fsp3) is 0.400. The number of hydrogen-bond donors (Lipinski definition) is 2. The zero-order chi connectivity index (χ0) is 20.3. The van der Waals surface area contributed by atoms with Crippen LogP contribution in [0, 0.1) is 13.8 Å². The largest absolute Gasteiger partial charge is 0.354 e. The first-order valence-corrected chi connectivity index (χ1v) is 10.8. The number of sulfonamides is 1. The number of nitrogens with zero attached hydrogens (tertiary/aromatic N) is 1. The molecule has 2 N–H and O–H groups in total. The molecule has 1 fully saturated rings. The first-order chi connectivity index (χ1) is 13.3. The molecule has 0 spiro atoms. The van der Waals surface area contributed by atoms with Gasteiger partial charge in [-0.1, -0.05) is 36.2 Å². The van der Waals surface area contributed by atoms with Gasteiger partial charge in [0.2, 0.25) is 15.9 Å². The molecule has 1 aromatic carbocycles. The molecule has 7 nitrogen and oxygen atoms in total. The minimum Gasteiger partial charge on any atom is -0.354 e. The van der Waals surface area contributed by atoms with Gasteiger partial charge in [0.15, 0.2) is 5.76 Å². The van der Waals surface area contributed by atoms with Gasteiger partial charge in [0, 0.05) is 13.0 Å². The molecule has 3 rings (SSSR count). The molecular weight excluding hydrogens is 378 g/mol. The SMILES string of the molecule is CC(=O)Nc1c(C)noc1C=Cc1ccc(C)c(S(=O)(=O)NC2CCCC2)c1. The molecule has 0 bridgehead atoms. The summed E-state index contributed by atoms with van der Waals surface area (Å²) in [4.78, 5) is 11.6. The molecule has 0 saturated heterocycles. The van der Waals surface area contributed by atoms with Crippen molar-refractivity contribution in [3.63, 3.8) is 0 Å². The van der Waals surface area contributed by atoms with Gasteiger partial charge in [-0.05, 0) is 50.0 Å². The molecule has 1 aromatic heterocycles. The average Bonchev–Trinajstić information content (AvgIpc) is 3.24. The Bertz CT molecular complexity index is 1000. The number of anilines is 1. The van der Waals surface area contributed by atoms with Gasteiger partial charge in [0.05, 0.1) is 4.90 Å². The summed E-state index contributed by atoms with van der Waals surface area (Å²) in [6.45, 7) is 4.93. The number of carbonyl (C=O) groups is 1. The first-order valence-electron chi connectivity index (χ1n) is 9.31. The quantitative estimate of drug-likeness (QED) is 0.767. The van der Waals surface area contributed by atoms with Crippen molar-refractivity contribution < 1.29 is 17.7 Å². The Hall–Kier alpha value is -2.45. The van der Waals surface area contributed by atoms with E-state index in [4.69, 9.17) is 4.52 Å². The lowest BCUT2D eigenvalue weighted by Crippen LogP contribution is -2.33. The highest BCUT2D eigenvalue weighted by Crippen LogP contribution is 2.25. The Morgan fingerprint density at radius 2 is 1.93 bits per heavy atom. The van der Waals surface area contributed by atoms with Gasteiger partial charge in [-0.15, -0.1) is 0 Å². The predicted molar refractivity (Wildman–Crippen MR) is 108 cm³/mol. The Morgan fingerprint density at radius 1 is 1.21 bits per heavy atom. The van der Waals surface area contributed by atoms with Gasteiger partial charge in [-0.2, -0.15) is 0 Å². The van der Waals surface area contributed by atoms with E-state index in [9.17, 15) is 13.2 Å². The number of aryl methyl sites for hydroxylation is 2. The van der Waals surface area contributed by atoms with Crippen LogP contribution in [-0.2, 0) is 14.8 Å². The number of benzene rings is 1. The summed E-state index contributed by atoms with van der Waals surface area (Å²) in [7, 11) is -3.58. The highest BCUT2D eigenvalue weighted by atomic mass is 32.2. The molecule has 1 saturated carbocycles. The van der Waals surface area contributed by atoms with E-state index in [0.717, 1.165) is 25.7 Å². The van der Waals surface area contributed by atoms with Crippen LogP contribution in [-0.4, -0.2) is 25.5 Å². The number of rotatable bonds is 6. The summed E-state index contributed by atoms with van der Waals surface area (Å²) in [5.74, 6) is 0.185. The van der Waals surface area contributed by atoms with Gasteiger partial charge in [-0.3, -0.25) is 4.79 Å². The Balaban J connectivity index is 1.85. The zero-order valence-corrected chi connectivity index (χ0v) is 17.1. The van der Waals surface area contributed by atoms with E-state index < -0.39 is 10.0 Å². The van der Waals surface area contributed by atoms with Crippen LogP contribution >= 0.6 is 0 Å². The van der Waals surface area contributed by atoms with Crippen LogP contribution in [0.3, 0.4) is 0 Å². The lowest BCUT2D eigenvalue weighted by atomic mass is 10.1. The minimum absolute atomic E-state index is 0.0148. The van der Waals surface area contributed by atoms with E-state index in [1.807, 2.05) is 6.07 Å². The van der Waals surface area contributed by atoms with Crippen molar-refractivity contribution >= 4 is 33.8 Å². The second kappa shape index (κ2) is 8.28. The Labute approximate surface area is 165 Å². The number of aromatic nitrogens is 1. The highest BCUT2D eigenvalue weighted by Gasteiger charge is 2.24. The monoisotopic (exact) mass is 403 g/mol. The fourth-order valence-corrected chi connectivity index (χ4v) is 4.92. The molecule has 1 heterocycles. The van der Waals surface area contributed by atoms with Crippen LogP contribution in [0.1, 0.15) is 55.2 Å². The third-order valence-corrected chi connectivity index (χ3v) is 6.46. The first kappa shape index (κ1) is 20.3. The van der Waals surface area contributed by atoms with Gasteiger partial charge < -0.3 is 9.84 Å². The second-order valence-corrected chi connectivity index (χ2v) is 8.83. The van der Waals surface area contributed by atoms with Crippen LogP contribution < -0.4 is 10.0 Å². The van der Waals surface area contributed by atoms with Crippen molar-refractivity contribution in [1.82, 2.24) is 9.88 Å². The summed E-state index contributed by atoms with van der Waals surface area (Å²) in [5, 5.41) is 6.55. The number of nitrogens with one attached hydrogen (secondary N) is 2. The Kier molecular flexibility index (Phi) is 6.00. The molecule has 0 aliphatic heterocycles. The summed E-state index contributed by atoms with van der Waals surface area (Å²) >= 11 is 0. The van der Waals surface area contributed by atoms with Crippen LogP contribution in [0.5, 0.6) is 0 Å². The van der Waals surface area contributed by atoms with Crippen molar-refractivity contribution in [2.45, 2.75) is 57.4 Å². The van der Waals surface area contributed by atoms with Gasteiger partial charge >= 0.3 is 0 Å². The van der Waals surface area contributed by atoms with E-state index in [1.165, 1.54) is 6.92 Å². The molecule has 150 valence electrons. The summed E-state index contributed by atoms with van der Waals surface area (Å²) in [5.41, 5.74) is 2.48. The standard InChI is InChI=1S/C20H25N3O4S/c1-13-8-9-16(10-11-18-20(21-15(3)24)14(2)22-27-18)12-19(13)28(25,26)23-17-6-4-5-7-17/h8-12,17,23H,4-7H2,1-3H3,(H,21,24). The van der Waals surface area contributed by atoms with E-state index >= 15 is 0 Å². The van der Waals surface area contributed by atoms with Crippen LogP contribution in [0.4, 0.5) is 5.69 Å². The number of carbonyl (C=O) groups excluding carboxylic acids is 1. The van der Waals surface area contributed by atoms with Crippen molar-refractivity contribution in [2.24, 2.45) is 0 Å².